The molecule has 1 aliphatic heterocycles. The lowest BCUT2D eigenvalue weighted by Crippen LogP contribution is -2.50. The maximum atomic E-state index is 14.3. The molecule has 0 saturated carbocycles. The van der Waals surface area contributed by atoms with Crippen molar-refractivity contribution in [3.8, 4) is 0 Å². The topological polar surface area (TPSA) is 75.4 Å². The van der Waals surface area contributed by atoms with Crippen LogP contribution in [0.4, 0.5) is 23.4 Å². The third kappa shape index (κ3) is 5.42. The third-order valence-electron chi connectivity index (χ3n) is 7.09. The summed E-state index contributed by atoms with van der Waals surface area (Å²) in [7, 11) is 0. The summed E-state index contributed by atoms with van der Waals surface area (Å²) in [5.74, 6) is -0.947. The van der Waals surface area contributed by atoms with Crippen LogP contribution >= 0.6 is 0 Å². The molecule has 6 nitrogen and oxygen atoms in total. The summed E-state index contributed by atoms with van der Waals surface area (Å²) < 4.78 is 53.4. The van der Waals surface area contributed by atoms with Gasteiger partial charge in [-0.3, -0.25) is 4.79 Å². The van der Waals surface area contributed by atoms with E-state index in [1.54, 1.807) is 11.2 Å². The normalized spacial score (nSPS) is 19.1. The highest BCUT2D eigenvalue weighted by Crippen LogP contribution is 2.38. The first-order valence-electron chi connectivity index (χ1n) is 12.1. The van der Waals surface area contributed by atoms with E-state index in [4.69, 9.17) is 5.73 Å². The molecule has 2 aromatic rings. The standard InChI is InChI=1S/C25H31F4N5O/c1-16-5-8-21-22(16)23(32-15-31-21)33-10-12-34(13-11-33)24(35)18(4-2-3-9-30)17-6-7-19(20(26)14-17)25(27,28)29/h6-7,14-16,18H,2-5,8-13,30H2,1H3/t16-,18-/m1/s1. The molecule has 0 bridgehead atoms. The maximum Gasteiger partial charge on any atom is 0.419 e. The molecule has 35 heavy (non-hydrogen) atoms. The van der Waals surface area contributed by atoms with Gasteiger partial charge in [0.1, 0.15) is 18.0 Å². The van der Waals surface area contributed by atoms with Crippen molar-refractivity contribution in [2.75, 3.05) is 37.6 Å². The number of carbonyl (C=O) groups is 1. The fourth-order valence-corrected chi connectivity index (χ4v) is 5.14. The van der Waals surface area contributed by atoms with Crippen LogP contribution in [0.1, 0.15) is 66.8 Å². The number of aryl methyl sites for hydroxylation is 1. The first-order chi connectivity index (χ1) is 16.7. The summed E-state index contributed by atoms with van der Waals surface area (Å²) in [5, 5.41) is 0. The Hall–Kier alpha value is -2.75. The number of unbranched alkanes of at least 4 members (excludes halogenated alkanes) is 1. The number of anilines is 1. The Bertz CT molecular complexity index is 1050. The Morgan fingerprint density at radius 2 is 1.91 bits per heavy atom. The Balaban J connectivity index is 1.49. The molecule has 1 aromatic heterocycles. The van der Waals surface area contributed by atoms with E-state index in [-0.39, 0.29) is 11.5 Å². The number of alkyl halides is 3. The molecule has 0 unspecified atom stereocenters. The van der Waals surface area contributed by atoms with E-state index in [0.717, 1.165) is 36.5 Å². The number of nitrogens with zero attached hydrogens (tertiary/aromatic N) is 4. The minimum atomic E-state index is -4.78. The molecule has 1 amide bonds. The van der Waals surface area contributed by atoms with Crippen LogP contribution in [0, 0.1) is 5.82 Å². The van der Waals surface area contributed by atoms with Crippen LogP contribution in [0.3, 0.4) is 0 Å². The van der Waals surface area contributed by atoms with Gasteiger partial charge in [0.15, 0.2) is 0 Å². The molecule has 2 aliphatic rings. The predicted octanol–water partition coefficient (Wildman–Crippen LogP) is 4.25. The van der Waals surface area contributed by atoms with Gasteiger partial charge in [-0.1, -0.05) is 19.4 Å². The van der Waals surface area contributed by atoms with Crippen molar-refractivity contribution < 1.29 is 22.4 Å². The van der Waals surface area contributed by atoms with Crippen LogP contribution in [-0.2, 0) is 17.4 Å². The van der Waals surface area contributed by atoms with E-state index in [2.05, 4.69) is 21.8 Å². The second-order valence-electron chi connectivity index (χ2n) is 9.38. The molecule has 2 heterocycles. The number of halogens is 4. The number of fused-ring (bicyclic) bond motifs is 1. The van der Waals surface area contributed by atoms with Crippen molar-refractivity contribution in [2.45, 2.75) is 57.0 Å². The van der Waals surface area contributed by atoms with Gasteiger partial charge in [0, 0.05) is 37.4 Å². The second-order valence-corrected chi connectivity index (χ2v) is 9.38. The summed E-state index contributed by atoms with van der Waals surface area (Å²) in [5.41, 5.74) is 6.80. The van der Waals surface area contributed by atoms with Gasteiger partial charge in [0.05, 0.1) is 11.5 Å². The minimum Gasteiger partial charge on any atom is -0.353 e. The van der Waals surface area contributed by atoms with E-state index in [1.165, 1.54) is 11.6 Å². The first kappa shape index (κ1) is 25.3. The molecule has 0 spiro atoms. The van der Waals surface area contributed by atoms with Crippen LogP contribution in [0.15, 0.2) is 24.5 Å². The van der Waals surface area contributed by atoms with E-state index < -0.39 is 23.5 Å². The van der Waals surface area contributed by atoms with Crippen molar-refractivity contribution in [1.29, 1.82) is 0 Å². The van der Waals surface area contributed by atoms with Gasteiger partial charge in [-0.15, -0.1) is 0 Å². The van der Waals surface area contributed by atoms with Gasteiger partial charge < -0.3 is 15.5 Å². The SMILES string of the molecule is C[C@@H]1CCc2ncnc(N3CCN(C(=O)[C@H](CCCCN)c4ccc(C(F)(F)F)c(F)c4)CC3)c21. The highest BCUT2D eigenvalue weighted by atomic mass is 19.4. The molecular formula is C25H31F4N5O. The van der Waals surface area contributed by atoms with Gasteiger partial charge in [-0.2, -0.15) is 13.2 Å². The summed E-state index contributed by atoms with van der Waals surface area (Å²) in [6, 6.07) is 2.80. The maximum absolute atomic E-state index is 14.3. The number of aromatic nitrogens is 2. The van der Waals surface area contributed by atoms with E-state index in [0.29, 0.717) is 57.9 Å². The number of hydrogen-bond acceptors (Lipinski definition) is 5. The Morgan fingerprint density at radius 3 is 2.57 bits per heavy atom. The summed E-state index contributed by atoms with van der Waals surface area (Å²) in [6.07, 6.45) is 0.509. The van der Waals surface area contributed by atoms with Gasteiger partial charge >= 0.3 is 6.18 Å². The molecule has 0 radical (unpaired) electrons. The van der Waals surface area contributed by atoms with Crippen molar-refractivity contribution in [3.05, 3.63) is 52.7 Å². The molecule has 1 saturated heterocycles. The number of nitrogens with two attached hydrogens (primary N) is 1. The highest BCUT2D eigenvalue weighted by molar-refractivity contribution is 5.84. The van der Waals surface area contributed by atoms with E-state index in [9.17, 15) is 22.4 Å². The first-order valence-corrected chi connectivity index (χ1v) is 12.1. The van der Waals surface area contributed by atoms with Crippen LogP contribution in [-0.4, -0.2) is 53.5 Å². The molecule has 1 fully saturated rings. The fourth-order valence-electron chi connectivity index (χ4n) is 5.14. The van der Waals surface area contributed by atoms with Crippen LogP contribution in [0.5, 0.6) is 0 Å². The third-order valence-corrected chi connectivity index (χ3v) is 7.09. The second kappa shape index (κ2) is 10.5. The number of piperazine rings is 1. The zero-order chi connectivity index (χ0) is 25.2. The quantitative estimate of drug-likeness (QED) is 0.461. The van der Waals surface area contributed by atoms with Crippen molar-refractivity contribution in [3.63, 3.8) is 0 Å². The van der Waals surface area contributed by atoms with Crippen molar-refractivity contribution >= 4 is 11.7 Å². The monoisotopic (exact) mass is 493 g/mol. The Labute approximate surface area is 202 Å². The van der Waals surface area contributed by atoms with Crippen LogP contribution < -0.4 is 10.6 Å². The summed E-state index contributed by atoms with van der Waals surface area (Å²) >= 11 is 0. The lowest BCUT2D eigenvalue weighted by Gasteiger charge is -2.38. The number of rotatable bonds is 7. The van der Waals surface area contributed by atoms with Crippen molar-refractivity contribution in [1.82, 2.24) is 14.9 Å². The van der Waals surface area contributed by atoms with E-state index >= 15 is 0 Å². The zero-order valence-corrected chi connectivity index (χ0v) is 19.8. The van der Waals surface area contributed by atoms with Gasteiger partial charge in [-0.25, -0.2) is 14.4 Å². The fraction of sp³-hybridized carbons (Fsp3) is 0.560. The summed E-state index contributed by atoms with van der Waals surface area (Å²) in [4.78, 5) is 26.3. The van der Waals surface area contributed by atoms with Crippen LogP contribution in [0.25, 0.3) is 0 Å². The van der Waals surface area contributed by atoms with E-state index in [1.807, 2.05) is 0 Å². The highest BCUT2D eigenvalue weighted by Gasteiger charge is 2.36. The number of hydrogen-bond donors (Lipinski definition) is 1. The molecule has 190 valence electrons. The smallest absolute Gasteiger partial charge is 0.353 e. The predicted molar refractivity (Wildman–Crippen MR) is 125 cm³/mol. The molecule has 4 rings (SSSR count). The number of carbonyl (C=O) groups excluding carboxylic acids is 1. The molecule has 1 aromatic carbocycles. The minimum absolute atomic E-state index is 0.192. The van der Waals surface area contributed by atoms with Crippen LogP contribution in [0.2, 0.25) is 0 Å². The van der Waals surface area contributed by atoms with Gasteiger partial charge in [0.2, 0.25) is 5.91 Å². The lowest BCUT2D eigenvalue weighted by molar-refractivity contribution is -0.140. The number of benzene rings is 1. The average molecular weight is 494 g/mol. The average Bonchev–Trinajstić information content (AvgIpc) is 3.22. The summed E-state index contributed by atoms with van der Waals surface area (Å²) in [6.45, 7) is 4.73. The largest absolute Gasteiger partial charge is 0.419 e. The molecular weight excluding hydrogens is 462 g/mol. The molecule has 2 atom stereocenters. The zero-order valence-electron chi connectivity index (χ0n) is 19.8. The lowest BCUT2D eigenvalue weighted by atomic mass is 9.90. The van der Waals surface area contributed by atoms with Gasteiger partial charge in [-0.05, 0) is 55.8 Å². The molecule has 2 N–H and O–H groups in total. The molecule has 10 heteroatoms. The Kier molecular flexibility index (Phi) is 7.59. The Morgan fingerprint density at radius 1 is 1.17 bits per heavy atom. The van der Waals surface area contributed by atoms with Gasteiger partial charge in [0.25, 0.3) is 0 Å². The molecule has 1 aliphatic carbocycles. The number of amides is 1. The van der Waals surface area contributed by atoms with Crippen molar-refractivity contribution in [2.24, 2.45) is 5.73 Å².